The Morgan fingerprint density at radius 1 is 1.44 bits per heavy atom. The Bertz CT molecular complexity index is 426. The number of alkyl halides is 1. The molecule has 0 aliphatic heterocycles. The minimum absolute atomic E-state index is 0.101. The van der Waals surface area contributed by atoms with E-state index >= 15 is 0 Å². The molecule has 86 valence electrons. The van der Waals surface area contributed by atoms with E-state index in [1.807, 2.05) is 6.92 Å². The number of aryl methyl sites for hydroxylation is 1. The van der Waals surface area contributed by atoms with Gasteiger partial charge in [0.05, 0.1) is 10.4 Å². The first kappa shape index (κ1) is 12.9. The molecule has 0 heterocycles. The number of rotatable bonds is 4. The average Bonchev–Trinajstić information content (AvgIpc) is 2.26. The smallest absolute Gasteiger partial charge is 0.336 e. The largest absolute Gasteiger partial charge is 0.478 e. The van der Waals surface area contributed by atoms with Crippen LogP contribution in [0, 0.1) is 0 Å². The van der Waals surface area contributed by atoms with Gasteiger partial charge in [0.1, 0.15) is 5.78 Å². The molecule has 0 saturated heterocycles. The Morgan fingerprint density at radius 2 is 2.06 bits per heavy atom. The molecule has 1 N–H and O–H groups in total. The SMILES string of the molecule is CCc1cccc(C(Br)C(C)=O)c1C(=O)O. The zero-order valence-electron chi connectivity index (χ0n) is 9.16. The molecule has 0 radical (unpaired) electrons. The number of halogens is 1. The highest BCUT2D eigenvalue weighted by Crippen LogP contribution is 2.29. The fourth-order valence-corrected chi connectivity index (χ4v) is 1.99. The van der Waals surface area contributed by atoms with E-state index in [0.717, 1.165) is 5.56 Å². The van der Waals surface area contributed by atoms with Crippen LogP contribution in [0.3, 0.4) is 0 Å². The molecular formula is C12H13BrO3. The predicted octanol–water partition coefficient (Wildman–Crippen LogP) is 2.97. The van der Waals surface area contributed by atoms with Crippen molar-refractivity contribution in [1.29, 1.82) is 0 Å². The van der Waals surface area contributed by atoms with Crippen LogP contribution in [0.4, 0.5) is 0 Å². The molecule has 0 aliphatic carbocycles. The second-order valence-electron chi connectivity index (χ2n) is 3.51. The van der Waals surface area contributed by atoms with Crippen LogP contribution in [0.1, 0.15) is 40.2 Å². The molecule has 1 atom stereocenters. The van der Waals surface area contributed by atoms with E-state index < -0.39 is 10.8 Å². The number of hydrogen-bond acceptors (Lipinski definition) is 2. The van der Waals surface area contributed by atoms with Crippen LogP contribution in [-0.4, -0.2) is 16.9 Å². The van der Waals surface area contributed by atoms with Crippen molar-refractivity contribution >= 4 is 27.7 Å². The Hall–Kier alpha value is -1.16. The van der Waals surface area contributed by atoms with Crippen molar-refractivity contribution in [3.63, 3.8) is 0 Å². The van der Waals surface area contributed by atoms with Gasteiger partial charge >= 0.3 is 5.97 Å². The van der Waals surface area contributed by atoms with Crippen molar-refractivity contribution in [3.8, 4) is 0 Å². The summed E-state index contributed by atoms with van der Waals surface area (Å²) in [5, 5.41) is 9.18. The van der Waals surface area contributed by atoms with Crippen LogP contribution < -0.4 is 0 Å². The molecule has 1 unspecified atom stereocenters. The highest BCUT2D eigenvalue weighted by molar-refractivity contribution is 9.09. The van der Waals surface area contributed by atoms with Crippen molar-refractivity contribution in [2.75, 3.05) is 0 Å². The second-order valence-corrected chi connectivity index (χ2v) is 4.43. The minimum atomic E-state index is -0.988. The summed E-state index contributed by atoms with van der Waals surface area (Å²) in [6, 6.07) is 5.22. The third-order valence-corrected chi connectivity index (χ3v) is 3.55. The maximum Gasteiger partial charge on any atom is 0.336 e. The summed E-state index contributed by atoms with van der Waals surface area (Å²) < 4.78 is 0. The molecule has 4 heteroatoms. The first-order valence-corrected chi connectivity index (χ1v) is 5.90. The highest BCUT2D eigenvalue weighted by Gasteiger charge is 2.22. The van der Waals surface area contributed by atoms with Gasteiger partial charge in [0.15, 0.2) is 0 Å². The third-order valence-electron chi connectivity index (χ3n) is 2.41. The van der Waals surface area contributed by atoms with Gasteiger partial charge in [0.25, 0.3) is 0 Å². The second kappa shape index (κ2) is 5.25. The molecule has 16 heavy (non-hydrogen) atoms. The molecule has 0 aliphatic rings. The van der Waals surface area contributed by atoms with Crippen LogP contribution in [0.5, 0.6) is 0 Å². The molecule has 1 rings (SSSR count). The summed E-state index contributed by atoms with van der Waals surface area (Å²) >= 11 is 3.22. The van der Waals surface area contributed by atoms with Gasteiger partial charge in [-0.15, -0.1) is 0 Å². The van der Waals surface area contributed by atoms with E-state index in [0.29, 0.717) is 12.0 Å². The van der Waals surface area contributed by atoms with E-state index in [1.165, 1.54) is 6.92 Å². The Balaban J connectivity index is 3.38. The number of carbonyl (C=O) groups is 2. The van der Waals surface area contributed by atoms with Crippen molar-refractivity contribution in [2.45, 2.75) is 25.1 Å². The first-order valence-electron chi connectivity index (χ1n) is 4.98. The van der Waals surface area contributed by atoms with Crippen molar-refractivity contribution < 1.29 is 14.7 Å². The topological polar surface area (TPSA) is 54.4 Å². The van der Waals surface area contributed by atoms with E-state index in [-0.39, 0.29) is 11.3 Å². The van der Waals surface area contributed by atoms with Gasteiger partial charge in [-0.2, -0.15) is 0 Å². The quantitative estimate of drug-likeness (QED) is 0.865. The number of carboxylic acids is 1. The van der Waals surface area contributed by atoms with Crippen molar-refractivity contribution in [3.05, 3.63) is 34.9 Å². The van der Waals surface area contributed by atoms with Gasteiger partial charge in [-0.3, -0.25) is 4.79 Å². The van der Waals surface area contributed by atoms with Crippen LogP contribution >= 0.6 is 15.9 Å². The molecule has 3 nitrogen and oxygen atoms in total. The van der Waals surface area contributed by atoms with E-state index in [4.69, 9.17) is 0 Å². The maximum absolute atomic E-state index is 11.3. The summed E-state index contributed by atoms with van der Waals surface area (Å²) in [6.07, 6.45) is 0.632. The van der Waals surface area contributed by atoms with E-state index in [9.17, 15) is 14.7 Å². The minimum Gasteiger partial charge on any atom is -0.478 e. The summed E-state index contributed by atoms with van der Waals surface area (Å²) in [7, 11) is 0. The standard InChI is InChI=1S/C12H13BrO3/c1-3-8-5-4-6-9(10(8)12(15)16)11(13)7(2)14/h4-6,11H,3H2,1-2H3,(H,15,16). The van der Waals surface area contributed by atoms with Crippen molar-refractivity contribution in [2.24, 2.45) is 0 Å². The summed E-state index contributed by atoms with van der Waals surface area (Å²) in [5.74, 6) is -1.09. The molecular weight excluding hydrogens is 272 g/mol. The van der Waals surface area contributed by atoms with Crippen molar-refractivity contribution in [1.82, 2.24) is 0 Å². The number of Topliss-reactive ketones (excluding diaryl/α,β-unsaturated/α-hetero) is 1. The fourth-order valence-electron chi connectivity index (χ4n) is 1.61. The summed E-state index contributed by atoms with van der Waals surface area (Å²) in [5.41, 5.74) is 1.51. The third kappa shape index (κ3) is 2.50. The lowest BCUT2D eigenvalue weighted by molar-refractivity contribution is -0.116. The molecule has 1 aromatic rings. The normalized spacial score (nSPS) is 12.2. The van der Waals surface area contributed by atoms with Gasteiger partial charge in [-0.05, 0) is 24.5 Å². The first-order chi connectivity index (χ1) is 7.49. The van der Waals surface area contributed by atoms with Gasteiger partial charge < -0.3 is 5.11 Å². The fraction of sp³-hybridized carbons (Fsp3) is 0.333. The predicted molar refractivity (Wildman–Crippen MR) is 65.1 cm³/mol. The van der Waals surface area contributed by atoms with E-state index in [1.54, 1.807) is 18.2 Å². The van der Waals surface area contributed by atoms with Gasteiger partial charge in [-0.1, -0.05) is 41.1 Å². The highest BCUT2D eigenvalue weighted by atomic mass is 79.9. The molecule has 1 aromatic carbocycles. The number of ketones is 1. The van der Waals surface area contributed by atoms with Crippen LogP contribution in [0.2, 0.25) is 0 Å². The van der Waals surface area contributed by atoms with Gasteiger partial charge in [-0.25, -0.2) is 4.79 Å². The molecule has 0 spiro atoms. The van der Waals surface area contributed by atoms with Gasteiger partial charge in [0, 0.05) is 0 Å². The molecule has 0 saturated carbocycles. The monoisotopic (exact) mass is 284 g/mol. The number of hydrogen-bond donors (Lipinski definition) is 1. The number of benzene rings is 1. The number of aromatic carboxylic acids is 1. The Morgan fingerprint density at radius 3 is 2.50 bits per heavy atom. The number of carbonyl (C=O) groups excluding carboxylic acids is 1. The molecule has 0 fully saturated rings. The number of carboxylic acid groups (broad SMARTS) is 1. The lowest BCUT2D eigenvalue weighted by Crippen LogP contribution is -2.11. The molecule has 0 bridgehead atoms. The Kier molecular flexibility index (Phi) is 4.24. The Labute approximate surface area is 103 Å². The molecule has 0 aromatic heterocycles. The maximum atomic E-state index is 11.3. The van der Waals surface area contributed by atoms with Crippen LogP contribution in [0.15, 0.2) is 18.2 Å². The average molecular weight is 285 g/mol. The zero-order chi connectivity index (χ0) is 12.3. The summed E-state index contributed by atoms with van der Waals surface area (Å²) in [4.78, 5) is 21.9. The van der Waals surface area contributed by atoms with Crippen LogP contribution in [-0.2, 0) is 11.2 Å². The lowest BCUT2D eigenvalue weighted by atomic mass is 9.96. The lowest BCUT2D eigenvalue weighted by Gasteiger charge is -2.13. The zero-order valence-corrected chi connectivity index (χ0v) is 10.7. The summed E-state index contributed by atoms with van der Waals surface area (Å²) in [6.45, 7) is 3.33. The van der Waals surface area contributed by atoms with Crippen LogP contribution in [0.25, 0.3) is 0 Å². The van der Waals surface area contributed by atoms with E-state index in [2.05, 4.69) is 15.9 Å². The molecule has 0 amide bonds. The van der Waals surface area contributed by atoms with Gasteiger partial charge in [0.2, 0.25) is 0 Å².